The van der Waals surface area contributed by atoms with Crippen molar-refractivity contribution in [1.29, 1.82) is 0 Å². The molecule has 2 rings (SSSR count). The lowest BCUT2D eigenvalue weighted by molar-refractivity contribution is -0.384. The van der Waals surface area contributed by atoms with Crippen molar-refractivity contribution in [2.45, 2.75) is 6.92 Å². The van der Waals surface area contributed by atoms with Gasteiger partial charge < -0.3 is 4.74 Å². The van der Waals surface area contributed by atoms with E-state index in [-0.39, 0.29) is 18.1 Å². The standard InChI is InChI=1S/C14H18N4O4/c1-11(12-3-2-4-13(9-12)18(20)21)15-16-14(19)10-17-5-7-22-8-6-17/h2-4,9H,5-8,10H2,1H3,(H,16,19). The molecule has 1 fully saturated rings. The zero-order valence-electron chi connectivity index (χ0n) is 12.3. The van der Waals surface area contributed by atoms with Gasteiger partial charge in [-0.25, -0.2) is 5.43 Å². The number of carbonyl (C=O) groups excluding carboxylic acids is 1. The molecule has 1 N–H and O–H groups in total. The first kappa shape index (κ1) is 16.1. The molecule has 1 aliphatic heterocycles. The normalized spacial score (nSPS) is 16.3. The second kappa shape index (κ2) is 7.62. The van der Waals surface area contributed by atoms with E-state index in [0.717, 1.165) is 13.1 Å². The fraction of sp³-hybridized carbons (Fsp3) is 0.429. The SMILES string of the molecule is CC(=NNC(=O)CN1CCOCC1)c1cccc([N+](=O)[O-])c1. The van der Waals surface area contributed by atoms with Crippen LogP contribution in [0.15, 0.2) is 29.4 Å². The molecule has 0 atom stereocenters. The molecular formula is C14H18N4O4. The summed E-state index contributed by atoms with van der Waals surface area (Å²) in [5.74, 6) is -0.216. The molecule has 8 heteroatoms. The summed E-state index contributed by atoms with van der Waals surface area (Å²) < 4.78 is 5.21. The van der Waals surface area contributed by atoms with Gasteiger partial charge in [0.25, 0.3) is 11.6 Å². The Morgan fingerprint density at radius 3 is 2.86 bits per heavy atom. The maximum atomic E-state index is 11.8. The number of nitrogens with zero attached hydrogens (tertiary/aromatic N) is 3. The number of non-ortho nitro benzene ring substituents is 1. The minimum Gasteiger partial charge on any atom is -0.379 e. The van der Waals surface area contributed by atoms with Crippen LogP contribution in [0.1, 0.15) is 12.5 Å². The number of carbonyl (C=O) groups is 1. The Balaban J connectivity index is 1.92. The predicted octanol–water partition coefficient (Wildman–Crippen LogP) is 0.767. The molecule has 0 radical (unpaired) electrons. The second-order valence-electron chi connectivity index (χ2n) is 4.93. The molecule has 1 saturated heterocycles. The number of hydrazone groups is 1. The van der Waals surface area contributed by atoms with Gasteiger partial charge in [-0.05, 0) is 6.92 Å². The van der Waals surface area contributed by atoms with E-state index in [1.165, 1.54) is 12.1 Å². The Morgan fingerprint density at radius 1 is 1.45 bits per heavy atom. The molecule has 0 spiro atoms. The summed E-state index contributed by atoms with van der Waals surface area (Å²) in [5, 5.41) is 14.7. The Kier molecular flexibility index (Phi) is 5.56. The van der Waals surface area contributed by atoms with Crippen LogP contribution < -0.4 is 5.43 Å². The summed E-state index contributed by atoms with van der Waals surface area (Å²) in [6.45, 7) is 4.65. The summed E-state index contributed by atoms with van der Waals surface area (Å²) >= 11 is 0. The predicted molar refractivity (Wildman–Crippen MR) is 80.7 cm³/mol. The third-order valence-electron chi connectivity index (χ3n) is 3.29. The van der Waals surface area contributed by atoms with Crippen LogP contribution in [0.25, 0.3) is 0 Å². The molecule has 0 aromatic heterocycles. The lowest BCUT2D eigenvalue weighted by Crippen LogP contribution is -2.42. The smallest absolute Gasteiger partial charge is 0.270 e. The van der Waals surface area contributed by atoms with Gasteiger partial charge in [0.1, 0.15) is 0 Å². The van der Waals surface area contributed by atoms with E-state index in [1.807, 2.05) is 4.90 Å². The van der Waals surface area contributed by atoms with Gasteiger partial charge in [-0.1, -0.05) is 12.1 Å². The molecule has 1 aliphatic rings. The van der Waals surface area contributed by atoms with Gasteiger partial charge in [0.15, 0.2) is 0 Å². The van der Waals surface area contributed by atoms with E-state index in [0.29, 0.717) is 24.5 Å². The number of morpholine rings is 1. The molecule has 22 heavy (non-hydrogen) atoms. The zero-order valence-corrected chi connectivity index (χ0v) is 12.3. The van der Waals surface area contributed by atoms with Gasteiger partial charge >= 0.3 is 0 Å². The largest absolute Gasteiger partial charge is 0.379 e. The monoisotopic (exact) mass is 306 g/mol. The third kappa shape index (κ3) is 4.61. The van der Waals surface area contributed by atoms with Crippen molar-refractivity contribution in [3.63, 3.8) is 0 Å². The summed E-state index contributed by atoms with van der Waals surface area (Å²) in [6, 6.07) is 6.13. The van der Waals surface area contributed by atoms with Gasteiger partial charge in [0, 0.05) is 30.8 Å². The summed E-state index contributed by atoms with van der Waals surface area (Å²) in [6.07, 6.45) is 0. The van der Waals surface area contributed by atoms with Crippen LogP contribution >= 0.6 is 0 Å². The van der Waals surface area contributed by atoms with E-state index >= 15 is 0 Å². The molecule has 1 aromatic carbocycles. The number of nitro benzene ring substituents is 1. The molecule has 0 aliphatic carbocycles. The number of rotatable bonds is 5. The van der Waals surface area contributed by atoms with Gasteiger partial charge in [-0.3, -0.25) is 19.8 Å². The number of nitrogens with one attached hydrogen (secondary N) is 1. The quantitative estimate of drug-likeness (QED) is 0.492. The first-order valence-electron chi connectivity index (χ1n) is 6.94. The Hall–Kier alpha value is -2.32. The topological polar surface area (TPSA) is 97.1 Å². The maximum Gasteiger partial charge on any atom is 0.270 e. The highest BCUT2D eigenvalue weighted by Crippen LogP contribution is 2.13. The van der Waals surface area contributed by atoms with Crippen LogP contribution in [0.5, 0.6) is 0 Å². The van der Waals surface area contributed by atoms with E-state index in [4.69, 9.17) is 4.74 Å². The molecule has 118 valence electrons. The van der Waals surface area contributed by atoms with Crippen LogP contribution in [0.2, 0.25) is 0 Å². The molecule has 1 amide bonds. The number of benzene rings is 1. The Morgan fingerprint density at radius 2 is 2.18 bits per heavy atom. The van der Waals surface area contributed by atoms with Gasteiger partial charge in [0.05, 0.1) is 30.4 Å². The van der Waals surface area contributed by atoms with E-state index in [1.54, 1.807) is 19.1 Å². The fourth-order valence-electron chi connectivity index (χ4n) is 2.05. The summed E-state index contributed by atoms with van der Waals surface area (Å²) in [5.41, 5.74) is 3.58. The van der Waals surface area contributed by atoms with Crippen LogP contribution in [-0.2, 0) is 9.53 Å². The van der Waals surface area contributed by atoms with Crippen molar-refractivity contribution >= 4 is 17.3 Å². The Labute approximate surface area is 127 Å². The zero-order chi connectivity index (χ0) is 15.9. The van der Waals surface area contributed by atoms with E-state index in [2.05, 4.69) is 10.5 Å². The highest BCUT2D eigenvalue weighted by atomic mass is 16.6. The van der Waals surface area contributed by atoms with Crippen LogP contribution in [-0.4, -0.2) is 54.3 Å². The van der Waals surface area contributed by atoms with Crippen molar-refractivity contribution in [2.24, 2.45) is 5.10 Å². The molecule has 8 nitrogen and oxygen atoms in total. The average Bonchev–Trinajstić information content (AvgIpc) is 2.53. The lowest BCUT2D eigenvalue weighted by atomic mass is 10.1. The Bertz CT molecular complexity index is 582. The molecule has 0 saturated carbocycles. The van der Waals surface area contributed by atoms with Crippen molar-refractivity contribution in [3.05, 3.63) is 39.9 Å². The number of ether oxygens (including phenoxy) is 1. The second-order valence-corrected chi connectivity index (χ2v) is 4.93. The van der Waals surface area contributed by atoms with Crippen LogP contribution in [0.3, 0.4) is 0 Å². The summed E-state index contributed by atoms with van der Waals surface area (Å²) in [4.78, 5) is 24.1. The van der Waals surface area contributed by atoms with E-state index in [9.17, 15) is 14.9 Å². The minimum atomic E-state index is -0.464. The molecule has 0 unspecified atom stereocenters. The van der Waals surface area contributed by atoms with Crippen molar-refractivity contribution in [1.82, 2.24) is 10.3 Å². The van der Waals surface area contributed by atoms with Crippen LogP contribution in [0, 0.1) is 10.1 Å². The van der Waals surface area contributed by atoms with Crippen molar-refractivity contribution in [2.75, 3.05) is 32.8 Å². The third-order valence-corrected chi connectivity index (χ3v) is 3.29. The molecule has 1 aromatic rings. The van der Waals surface area contributed by atoms with E-state index < -0.39 is 4.92 Å². The maximum absolute atomic E-state index is 11.8. The molecule has 0 bridgehead atoms. The van der Waals surface area contributed by atoms with Crippen molar-refractivity contribution in [3.8, 4) is 0 Å². The lowest BCUT2D eigenvalue weighted by Gasteiger charge is -2.25. The number of hydrogen-bond acceptors (Lipinski definition) is 6. The summed E-state index contributed by atoms with van der Waals surface area (Å²) in [7, 11) is 0. The molecule has 1 heterocycles. The molecular weight excluding hydrogens is 288 g/mol. The first-order valence-corrected chi connectivity index (χ1v) is 6.94. The van der Waals surface area contributed by atoms with Crippen LogP contribution in [0.4, 0.5) is 5.69 Å². The highest BCUT2D eigenvalue weighted by molar-refractivity contribution is 5.99. The number of amides is 1. The van der Waals surface area contributed by atoms with Gasteiger partial charge in [0.2, 0.25) is 0 Å². The van der Waals surface area contributed by atoms with Gasteiger partial charge in [-0.2, -0.15) is 5.10 Å². The first-order chi connectivity index (χ1) is 10.6. The number of hydrogen-bond donors (Lipinski definition) is 1. The van der Waals surface area contributed by atoms with Crippen molar-refractivity contribution < 1.29 is 14.5 Å². The van der Waals surface area contributed by atoms with Gasteiger partial charge in [-0.15, -0.1) is 0 Å². The number of nitro groups is 1. The average molecular weight is 306 g/mol. The minimum absolute atomic E-state index is 0.00769. The highest BCUT2D eigenvalue weighted by Gasteiger charge is 2.14. The fourth-order valence-corrected chi connectivity index (χ4v) is 2.05.